The van der Waals surface area contributed by atoms with Crippen LogP contribution < -0.4 is 9.88 Å². The molecule has 2 rings (SSSR count). The Bertz CT molecular complexity index is 855. The van der Waals surface area contributed by atoms with Crippen molar-refractivity contribution in [2.75, 3.05) is 0 Å². The molecular weight excluding hydrogens is 355 g/mol. The number of nitro groups is 1. The fourth-order valence-electron chi connectivity index (χ4n) is 1.58. The molecule has 2 aromatic carbocycles. The van der Waals surface area contributed by atoms with Crippen molar-refractivity contribution in [1.82, 2.24) is 0 Å². The molecule has 22 heavy (non-hydrogen) atoms. The fourth-order valence-corrected chi connectivity index (χ4v) is 2.56. The maximum atomic E-state index is 11.2. The Hall–Kier alpha value is -1.87. The number of rotatable bonds is 4. The summed E-state index contributed by atoms with van der Waals surface area (Å²) in [5, 5.41) is 16.5. The van der Waals surface area contributed by atoms with Crippen LogP contribution in [0.4, 0.5) is 5.69 Å². The number of nitro benzene ring substituents is 1. The molecule has 2 N–H and O–H groups in total. The highest BCUT2D eigenvalue weighted by Crippen LogP contribution is 2.36. The van der Waals surface area contributed by atoms with E-state index >= 15 is 0 Å². The smallest absolute Gasteiger partial charge is 0.312 e. The molecule has 0 bridgehead atoms. The third-order valence-electron chi connectivity index (χ3n) is 2.57. The van der Waals surface area contributed by atoms with E-state index in [0.29, 0.717) is 5.02 Å². The first-order valence-electron chi connectivity index (χ1n) is 5.62. The summed E-state index contributed by atoms with van der Waals surface area (Å²) in [6, 6.07) is 7.37. The molecule has 0 saturated carbocycles. The highest BCUT2D eigenvalue weighted by molar-refractivity contribution is 7.89. The summed E-state index contributed by atoms with van der Waals surface area (Å²) >= 11 is 11.7. The van der Waals surface area contributed by atoms with Crippen molar-refractivity contribution in [3.8, 4) is 11.5 Å². The maximum absolute atomic E-state index is 11.2. The van der Waals surface area contributed by atoms with E-state index in [0.717, 1.165) is 18.2 Å². The Morgan fingerprint density at radius 2 is 1.73 bits per heavy atom. The van der Waals surface area contributed by atoms with Gasteiger partial charge in [-0.05, 0) is 30.3 Å². The van der Waals surface area contributed by atoms with Crippen LogP contribution in [-0.2, 0) is 10.0 Å². The average Bonchev–Trinajstić information content (AvgIpc) is 2.40. The SMILES string of the molecule is NS(=O)(=O)c1ccc(Oc2ccc(Cl)cc2Cl)c([N+](=O)[O-])c1. The molecular formula is C12H8Cl2N2O5S. The van der Waals surface area contributed by atoms with Crippen molar-refractivity contribution in [3.05, 3.63) is 56.6 Å². The molecule has 0 fully saturated rings. The zero-order chi connectivity index (χ0) is 16.5. The van der Waals surface area contributed by atoms with Crippen LogP contribution in [0.5, 0.6) is 11.5 Å². The van der Waals surface area contributed by atoms with Crippen molar-refractivity contribution in [3.63, 3.8) is 0 Å². The second kappa shape index (κ2) is 6.09. The van der Waals surface area contributed by atoms with Gasteiger partial charge >= 0.3 is 5.69 Å². The molecule has 116 valence electrons. The molecule has 0 spiro atoms. The lowest BCUT2D eigenvalue weighted by molar-refractivity contribution is -0.385. The quantitative estimate of drug-likeness (QED) is 0.661. The standard InChI is InChI=1S/C12H8Cl2N2O5S/c13-7-1-3-11(9(14)5-7)21-12-4-2-8(22(15,19)20)6-10(12)16(17)18/h1-6H,(H2,15,19,20). The number of nitrogens with two attached hydrogens (primary N) is 1. The second-order valence-electron chi connectivity index (χ2n) is 4.11. The summed E-state index contributed by atoms with van der Waals surface area (Å²) in [5.74, 6) is -0.0425. The van der Waals surface area contributed by atoms with Gasteiger partial charge in [-0.2, -0.15) is 0 Å². The van der Waals surface area contributed by atoms with E-state index < -0.39 is 25.5 Å². The van der Waals surface area contributed by atoms with Crippen LogP contribution in [0.15, 0.2) is 41.3 Å². The predicted octanol–water partition coefficient (Wildman–Crippen LogP) is 3.34. The summed E-state index contributed by atoms with van der Waals surface area (Å²) in [4.78, 5) is 9.89. The van der Waals surface area contributed by atoms with Crippen LogP contribution in [0.3, 0.4) is 0 Å². The Morgan fingerprint density at radius 3 is 2.27 bits per heavy atom. The largest absolute Gasteiger partial charge is 0.449 e. The third kappa shape index (κ3) is 3.66. The molecule has 0 unspecified atom stereocenters. The van der Waals surface area contributed by atoms with Gasteiger partial charge in [-0.3, -0.25) is 10.1 Å². The Morgan fingerprint density at radius 1 is 1.09 bits per heavy atom. The first kappa shape index (κ1) is 16.5. The van der Waals surface area contributed by atoms with E-state index in [1.807, 2.05) is 0 Å². The van der Waals surface area contributed by atoms with Gasteiger partial charge in [0.25, 0.3) is 0 Å². The summed E-state index contributed by atoms with van der Waals surface area (Å²) in [7, 11) is -4.07. The molecule has 0 saturated heterocycles. The van der Waals surface area contributed by atoms with Gasteiger partial charge < -0.3 is 4.74 Å². The molecule has 10 heteroatoms. The number of hydrogen-bond donors (Lipinski definition) is 1. The highest BCUT2D eigenvalue weighted by atomic mass is 35.5. The number of hydrogen-bond acceptors (Lipinski definition) is 5. The van der Waals surface area contributed by atoms with Crippen LogP contribution in [0, 0.1) is 10.1 Å². The van der Waals surface area contributed by atoms with Crippen molar-refractivity contribution in [1.29, 1.82) is 0 Å². The number of halogens is 2. The minimum atomic E-state index is -4.07. The van der Waals surface area contributed by atoms with E-state index in [-0.39, 0.29) is 16.5 Å². The number of benzene rings is 2. The molecule has 0 amide bonds. The number of sulfonamides is 1. The molecule has 0 heterocycles. The van der Waals surface area contributed by atoms with E-state index in [4.69, 9.17) is 33.1 Å². The van der Waals surface area contributed by atoms with Crippen LogP contribution in [-0.4, -0.2) is 13.3 Å². The molecule has 0 atom stereocenters. The Kier molecular flexibility index (Phi) is 4.57. The zero-order valence-corrected chi connectivity index (χ0v) is 13.0. The predicted molar refractivity (Wildman–Crippen MR) is 81.0 cm³/mol. The van der Waals surface area contributed by atoms with Gasteiger partial charge in [0.1, 0.15) is 5.75 Å². The van der Waals surface area contributed by atoms with Crippen molar-refractivity contribution in [2.45, 2.75) is 4.90 Å². The van der Waals surface area contributed by atoms with Crippen LogP contribution >= 0.6 is 23.2 Å². The monoisotopic (exact) mass is 362 g/mol. The summed E-state index contributed by atoms with van der Waals surface area (Å²) in [5.41, 5.74) is -0.558. The van der Waals surface area contributed by atoms with Gasteiger partial charge in [-0.15, -0.1) is 0 Å². The van der Waals surface area contributed by atoms with E-state index in [1.165, 1.54) is 18.2 Å². The topological polar surface area (TPSA) is 113 Å². The summed E-state index contributed by atoms with van der Waals surface area (Å²) < 4.78 is 27.9. The highest BCUT2D eigenvalue weighted by Gasteiger charge is 2.21. The van der Waals surface area contributed by atoms with Gasteiger partial charge in [-0.1, -0.05) is 23.2 Å². The summed E-state index contributed by atoms with van der Waals surface area (Å²) in [6.07, 6.45) is 0. The van der Waals surface area contributed by atoms with Crippen molar-refractivity contribution < 1.29 is 18.1 Å². The first-order chi connectivity index (χ1) is 10.2. The van der Waals surface area contributed by atoms with Crippen LogP contribution in [0.2, 0.25) is 10.0 Å². The van der Waals surface area contributed by atoms with E-state index in [2.05, 4.69) is 0 Å². The number of ether oxygens (including phenoxy) is 1. The van der Waals surface area contributed by atoms with Crippen molar-refractivity contribution >= 4 is 38.9 Å². The second-order valence-corrected chi connectivity index (χ2v) is 6.51. The van der Waals surface area contributed by atoms with Gasteiger partial charge in [0.05, 0.1) is 14.8 Å². The first-order valence-corrected chi connectivity index (χ1v) is 7.93. The maximum Gasteiger partial charge on any atom is 0.312 e. The molecule has 0 aromatic heterocycles. The lowest BCUT2D eigenvalue weighted by atomic mass is 10.3. The molecule has 7 nitrogen and oxygen atoms in total. The van der Waals surface area contributed by atoms with Gasteiger partial charge in [0.2, 0.25) is 15.8 Å². The van der Waals surface area contributed by atoms with Gasteiger partial charge in [0, 0.05) is 11.1 Å². The molecule has 0 aliphatic rings. The van der Waals surface area contributed by atoms with Crippen LogP contribution in [0.25, 0.3) is 0 Å². The minimum absolute atomic E-state index is 0.137. The zero-order valence-electron chi connectivity index (χ0n) is 10.7. The van der Waals surface area contributed by atoms with Crippen LogP contribution in [0.1, 0.15) is 0 Å². The summed E-state index contributed by atoms with van der Waals surface area (Å²) in [6.45, 7) is 0. The average molecular weight is 363 g/mol. The fraction of sp³-hybridized carbons (Fsp3) is 0. The lowest BCUT2D eigenvalue weighted by Crippen LogP contribution is -2.12. The molecule has 0 aliphatic heterocycles. The molecule has 0 aliphatic carbocycles. The molecule has 0 radical (unpaired) electrons. The lowest BCUT2D eigenvalue weighted by Gasteiger charge is -2.09. The van der Waals surface area contributed by atoms with E-state index in [1.54, 1.807) is 0 Å². The third-order valence-corrected chi connectivity index (χ3v) is 4.01. The Balaban J connectivity index is 2.49. The van der Waals surface area contributed by atoms with Gasteiger partial charge in [-0.25, -0.2) is 13.6 Å². The minimum Gasteiger partial charge on any atom is -0.449 e. The van der Waals surface area contributed by atoms with Gasteiger partial charge in [0.15, 0.2) is 0 Å². The Labute approximate surface area is 135 Å². The van der Waals surface area contributed by atoms with Crippen molar-refractivity contribution in [2.24, 2.45) is 5.14 Å². The normalized spacial score (nSPS) is 11.2. The number of primary sulfonamides is 1. The molecule has 2 aromatic rings. The number of nitrogens with zero attached hydrogens (tertiary/aromatic N) is 1. The van der Waals surface area contributed by atoms with E-state index in [9.17, 15) is 18.5 Å².